The molecule has 1 N–H and O–H groups in total. The topological polar surface area (TPSA) is 79.3 Å². The van der Waals surface area contributed by atoms with Gasteiger partial charge in [-0.25, -0.2) is 4.79 Å². The SMILES string of the molecule is COc1ccccc1N1CCN(C(=O)COC(=O)[C@@H](O)c2ccccc2)CC1. The predicted octanol–water partition coefficient (Wildman–Crippen LogP) is 1.62. The van der Waals surface area contributed by atoms with E-state index in [0.717, 1.165) is 11.4 Å². The first kappa shape index (κ1) is 19.7. The summed E-state index contributed by atoms with van der Waals surface area (Å²) in [6, 6.07) is 16.3. The van der Waals surface area contributed by atoms with Gasteiger partial charge in [0.15, 0.2) is 12.7 Å². The lowest BCUT2D eigenvalue weighted by Crippen LogP contribution is -2.50. The van der Waals surface area contributed by atoms with E-state index in [-0.39, 0.29) is 12.5 Å². The molecule has 1 fully saturated rings. The van der Waals surface area contributed by atoms with Gasteiger partial charge in [-0.1, -0.05) is 42.5 Å². The van der Waals surface area contributed by atoms with Crippen LogP contribution in [-0.2, 0) is 14.3 Å². The number of amides is 1. The zero-order valence-corrected chi connectivity index (χ0v) is 15.8. The largest absolute Gasteiger partial charge is 0.495 e. The van der Waals surface area contributed by atoms with E-state index in [1.165, 1.54) is 0 Å². The summed E-state index contributed by atoms with van der Waals surface area (Å²) in [5.41, 5.74) is 1.43. The molecule has 0 radical (unpaired) electrons. The van der Waals surface area contributed by atoms with Gasteiger partial charge in [-0.05, 0) is 17.7 Å². The minimum absolute atomic E-state index is 0.270. The van der Waals surface area contributed by atoms with E-state index in [0.29, 0.717) is 31.7 Å². The van der Waals surface area contributed by atoms with Crippen LogP contribution in [0.2, 0.25) is 0 Å². The van der Waals surface area contributed by atoms with Crippen molar-refractivity contribution in [3.63, 3.8) is 0 Å². The van der Waals surface area contributed by atoms with E-state index < -0.39 is 12.1 Å². The highest BCUT2D eigenvalue weighted by Crippen LogP contribution is 2.28. The fraction of sp³-hybridized carbons (Fsp3) is 0.333. The third-order valence-corrected chi connectivity index (χ3v) is 4.73. The monoisotopic (exact) mass is 384 g/mol. The number of carbonyl (C=O) groups excluding carboxylic acids is 2. The Bertz CT molecular complexity index is 803. The van der Waals surface area contributed by atoms with Crippen molar-refractivity contribution in [1.82, 2.24) is 4.90 Å². The Kier molecular flexibility index (Phi) is 6.49. The smallest absolute Gasteiger partial charge is 0.340 e. The average molecular weight is 384 g/mol. The lowest BCUT2D eigenvalue weighted by atomic mass is 10.1. The maximum Gasteiger partial charge on any atom is 0.340 e. The van der Waals surface area contributed by atoms with E-state index in [1.807, 2.05) is 24.3 Å². The molecule has 1 aliphatic rings. The van der Waals surface area contributed by atoms with Crippen LogP contribution in [0.4, 0.5) is 5.69 Å². The molecule has 2 aromatic rings. The van der Waals surface area contributed by atoms with Crippen LogP contribution in [0.5, 0.6) is 5.75 Å². The first-order chi connectivity index (χ1) is 13.6. The van der Waals surface area contributed by atoms with E-state index in [2.05, 4.69) is 4.90 Å². The number of anilines is 1. The number of hydrogen-bond donors (Lipinski definition) is 1. The van der Waals surface area contributed by atoms with Crippen molar-refractivity contribution in [3.05, 3.63) is 60.2 Å². The Hall–Kier alpha value is -3.06. The molecule has 1 atom stereocenters. The molecular weight excluding hydrogens is 360 g/mol. The number of methoxy groups -OCH3 is 1. The Morgan fingerprint density at radius 1 is 1.00 bits per heavy atom. The zero-order chi connectivity index (χ0) is 19.9. The van der Waals surface area contributed by atoms with E-state index in [4.69, 9.17) is 9.47 Å². The zero-order valence-electron chi connectivity index (χ0n) is 15.8. The van der Waals surface area contributed by atoms with Crippen molar-refractivity contribution in [3.8, 4) is 5.75 Å². The molecule has 7 nitrogen and oxygen atoms in total. The highest BCUT2D eigenvalue weighted by Gasteiger charge is 2.25. The van der Waals surface area contributed by atoms with Crippen molar-refractivity contribution in [2.24, 2.45) is 0 Å². The number of piperazine rings is 1. The van der Waals surface area contributed by atoms with Crippen LogP contribution in [0, 0.1) is 0 Å². The Morgan fingerprint density at radius 3 is 2.32 bits per heavy atom. The van der Waals surface area contributed by atoms with Crippen molar-refractivity contribution in [1.29, 1.82) is 0 Å². The van der Waals surface area contributed by atoms with Gasteiger partial charge < -0.3 is 24.4 Å². The van der Waals surface area contributed by atoms with Crippen molar-refractivity contribution in [2.45, 2.75) is 6.10 Å². The minimum Gasteiger partial charge on any atom is -0.495 e. The molecule has 0 aliphatic carbocycles. The molecular formula is C21H24N2O5. The van der Waals surface area contributed by atoms with Gasteiger partial charge >= 0.3 is 5.97 Å². The van der Waals surface area contributed by atoms with Gasteiger partial charge in [0.2, 0.25) is 0 Å². The normalized spacial score (nSPS) is 15.1. The van der Waals surface area contributed by atoms with Gasteiger partial charge in [-0.2, -0.15) is 0 Å². The van der Waals surface area contributed by atoms with Gasteiger partial charge in [-0.3, -0.25) is 4.79 Å². The number of aliphatic hydroxyl groups is 1. The van der Waals surface area contributed by atoms with Crippen LogP contribution < -0.4 is 9.64 Å². The summed E-state index contributed by atoms with van der Waals surface area (Å²) in [6.07, 6.45) is -1.39. The molecule has 0 spiro atoms. The van der Waals surface area contributed by atoms with Crippen LogP contribution in [0.3, 0.4) is 0 Å². The molecule has 0 aromatic heterocycles. The van der Waals surface area contributed by atoms with Crippen LogP contribution in [0.25, 0.3) is 0 Å². The molecule has 1 saturated heterocycles. The standard InChI is InChI=1S/C21H24N2O5/c1-27-18-10-6-5-9-17(18)22-11-13-23(14-12-22)19(24)15-28-21(26)20(25)16-7-3-2-4-8-16/h2-10,20,25H,11-15H2,1H3/t20-/m0/s1. The molecule has 1 heterocycles. The van der Waals surface area contributed by atoms with Gasteiger partial charge in [0.1, 0.15) is 5.75 Å². The number of benzene rings is 2. The first-order valence-corrected chi connectivity index (χ1v) is 9.15. The fourth-order valence-corrected chi connectivity index (χ4v) is 3.16. The molecule has 2 aromatic carbocycles. The lowest BCUT2D eigenvalue weighted by molar-refractivity contribution is -0.159. The molecule has 0 bridgehead atoms. The molecule has 1 aliphatic heterocycles. The van der Waals surface area contributed by atoms with Gasteiger partial charge in [-0.15, -0.1) is 0 Å². The fourth-order valence-electron chi connectivity index (χ4n) is 3.16. The Morgan fingerprint density at radius 2 is 1.64 bits per heavy atom. The summed E-state index contributed by atoms with van der Waals surface area (Å²) in [7, 11) is 1.64. The van der Waals surface area contributed by atoms with E-state index in [1.54, 1.807) is 42.3 Å². The first-order valence-electron chi connectivity index (χ1n) is 9.15. The van der Waals surface area contributed by atoms with Crippen LogP contribution in [0.15, 0.2) is 54.6 Å². The van der Waals surface area contributed by atoms with E-state index in [9.17, 15) is 14.7 Å². The number of ether oxygens (including phenoxy) is 2. The maximum absolute atomic E-state index is 12.4. The number of nitrogens with zero attached hydrogens (tertiary/aromatic N) is 2. The van der Waals surface area contributed by atoms with Gasteiger partial charge in [0, 0.05) is 26.2 Å². The summed E-state index contributed by atoms with van der Waals surface area (Å²) in [5, 5.41) is 10.0. The summed E-state index contributed by atoms with van der Waals surface area (Å²) < 4.78 is 10.4. The maximum atomic E-state index is 12.4. The molecule has 3 rings (SSSR count). The average Bonchev–Trinajstić information content (AvgIpc) is 2.77. The van der Waals surface area contributed by atoms with Crippen molar-refractivity contribution < 1.29 is 24.2 Å². The second-order valence-electron chi connectivity index (χ2n) is 6.46. The highest BCUT2D eigenvalue weighted by atomic mass is 16.5. The lowest BCUT2D eigenvalue weighted by Gasteiger charge is -2.36. The minimum atomic E-state index is -1.39. The molecule has 28 heavy (non-hydrogen) atoms. The van der Waals surface area contributed by atoms with E-state index >= 15 is 0 Å². The second kappa shape index (κ2) is 9.23. The molecule has 1 amide bonds. The predicted molar refractivity (Wildman–Crippen MR) is 104 cm³/mol. The molecule has 0 unspecified atom stereocenters. The number of aliphatic hydroxyl groups excluding tert-OH is 1. The van der Waals surface area contributed by atoms with Gasteiger partial charge in [0.05, 0.1) is 12.8 Å². The number of esters is 1. The van der Waals surface area contributed by atoms with Gasteiger partial charge in [0.25, 0.3) is 5.91 Å². The number of carbonyl (C=O) groups is 2. The Labute approximate surface area is 164 Å². The summed E-state index contributed by atoms with van der Waals surface area (Å²) in [5.74, 6) is -0.299. The van der Waals surface area contributed by atoms with Crippen LogP contribution in [0.1, 0.15) is 11.7 Å². The van der Waals surface area contributed by atoms with Crippen LogP contribution >= 0.6 is 0 Å². The summed E-state index contributed by atoms with van der Waals surface area (Å²) in [6.45, 7) is 1.99. The molecule has 0 saturated carbocycles. The van der Waals surface area contributed by atoms with Crippen molar-refractivity contribution >= 4 is 17.6 Å². The molecule has 148 valence electrons. The highest BCUT2D eigenvalue weighted by molar-refractivity contribution is 5.82. The van der Waals surface area contributed by atoms with Crippen LogP contribution in [-0.4, -0.2) is 61.8 Å². The van der Waals surface area contributed by atoms with Crippen molar-refractivity contribution in [2.75, 3.05) is 44.8 Å². The quantitative estimate of drug-likeness (QED) is 0.763. The third-order valence-electron chi connectivity index (χ3n) is 4.73. The Balaban J connectivity index is 1.48. The number of hydrogen-bond acceptors (Lipinski definition) is 6. The molecule has 7 heteroatoms. The number of rotatable bonds is 6. The summed E-state index contributed by atoms with van der Waals surface area (Å²) >= 11 is 0. The third kappa shape index (κ3) is 4.61. The second-order valence-corrected chi connectivity index (χ2v) is 6.46. The summed E-state index contributed by atoms with van der Waals surface area (Å²) in [4.78, 5) is 28.1. The number of para-hydroxylation sites is 2.